The molecule has 1 saturated heterocycles. The lowest BCUT2D eigenvalue weighted by Crippen LogP contribution is -2.35. The third kappa shape index (κ3) is 4.30. The molecule has 1 N–H and O–H groups in total. The molecule has 0 bridgehead atoms. The summed E-state index contributed by atoms with van der Waals surface area (Å²) >= 11 is 0. The van der Waals surface area contributed by atoms with Crippen LogP contribution in [0.4, 0.5) is 4.79 Å². The van der Waals surface area contributed by atoms with Gasteiger partial charge in [0.05, 0.1) is 13.1 Å². The van der Waals surface area contributed by atoms with Gasteiger partial charge in [0.1, 0.15) is 6.10 Å². The van der Waals surface area contributed by atoms with Gasteiger partial charge in [-0.05, 0) is 24.0 Å². The van der Waals surface area contributed by atoms with Crippen LogP contribution in [0.25, 0.3) is 0 Å². The predicted octanol–water partition coefficient (Wildman–Crippen LogP) is 3.31. The molecule has 5 heteroatoms. The molecule has 2 fully saturated rings. The molecule has 1 atom stereocenters. The smallest absolute Gasteiger partial charge is 0.410 e. The standard InChI is InChI=1S/C22H24N2O3/c25-21(23-14-19-15-24(18-11-12-18)22(26)27-19)13-20(16-7-3-1-4-8-16)17-9-5-2-6-10-17/h1-10,18-20H,11-15H2,(H,23,25). The molecule has 2 aliphatic rings. The van der Waals surface area contributed by atoms with Gasteiger partial charge in [-0.1, -0.05) is 60.7 Å². The zero-order valence-electron chi connectivity index (χ0n) is 15.2. The molecule has 1 aliphatic heterocycles. The molecule has 140 valence electrons. The third-order valence-corrected chi connectivity index (χ3v) is 5.21. The number of rotatable bonds is 7. The first-order valence-corrected chi connectivity index (χ1v) is 9.54. The summed E-state index contributed by atoms with van der Waals surface area (Å²) in [6, 6.07) is 20.5. The minimum absolute atomic E-state index is 0.00138. The van der Waals surface area contributed by atoms with Gasteiger partial charge in [-0.25, -0.2) is 4.79 Å². The average Bonchev–Trinajstić information content (AvgIpc) is 3.48. The number of carbonyl (C=O) groups is 2. The molecular formula is C22H24N2O3. The Kier molecular flexibility index (Phi) is 5.10. The molecule has 0 aromatic heterocycles. The van der Waals surface area contributed by atoms with Gasteiger partial charge in [-0.2, -0.15) is 0 Å². The minimum atomic E-state index is -0.256. The van der Waals surface area contributed by atoms with E-state index in [4.69, 9.17) is 4.74 Å². The maximum absolute atomic E-state index is 12.6. The molecule has 1 heterocycles. The average molecular weight is 364 g/mol. The second kappa shape index (κ2) is 7.82. The molecule has 2 aromatic rings. The largest absolute Gasteiger partial charge is 0.442 e. The van der Waals surface area contributed by atoms with E-state index < -0.39 is 0 Å². The van der Waals surface area contributed by atoms with Crippen molar-refractivity contribution in [2.45, 2.75) is 37.3 Å². The first-order valence-electron chi connectivity index (χ1n) is 9.54. The van der Waals surface area contributed by atoms with Gasteiger partial charge >= 0.3 is 6.09 Å². The number of ether oxygens (including phenoxy) is 1. The number of hydrogen-bond acceptors (Lipinski definition) is 3. The van der Waals surface area contributed by atoms with Gasteiger partial charge in [0.15, 0.2) is 0 Å². The van der Waals surface area contributed by atoms with Crippen LogP contribution in [0, 0.1) is 0 Å². The summed E-state index contributed by atoms with van der Waals surface area (Å²) < 4.78 is 5.37. The summed E-state index contributed by atoms with van der Waals surface area (Å²) in [6.45, 7) is 0.939. The van der Waals surface area contributed by atoms with E-state index in [2.05, 4.69) is 29.6 Å². The molecule has 4 rings (SSSR count). The summed E-state index contributed by atoms with van der Waals surface area (Å²) in [6.07, 6.45) is 1.98. The monoisotopic (exact) mass is 364 g/mol. The van der Waals surface area contributed by atoms with Crippen molar-refractivity contribution in [2.75, 3.05) is 13.1 Å². The SMILES string of the molecule is O=C(CC(c1ccccc1)c1ccccc1)NCC1CN(C2CC2)C(=O)O1. The second-order valence-corrected chi connectivity index (χ2v) is 7.27. The summed E-state index contributed by atoms with van der Waals surface area (Å²) in [5, 5.41) is 2.95. The lowest BCUT2D eigenvalue weighted by Gasteiger charge is -2.18. The van der Waals surface area contributed by atoms with E-state index in [1.807, 2.05) is 36.4 Å². The molecular weight excluding hydrogens is 340 g/mol. The number of nitrogens with zero attached hydrogens (tertiary/aromatic N) is 1. The number of carbonyl (C=O) groups excluding carboxylic acids is 2. The molecule has 1 unspecified atom stereocenters. The quantitative estimate of drug-likeness (QED) is 0.820. The van der Waals surface area contributed by atoms with Crippen molar-refractivity contribution in [1.82, 2.24) is 10.2 Å². The van der Waals surface area contributed by atoms with Crippen molar-refractivity contribution in [1.29, 1.82) is 0 Å². The Morgan fingerprint density at radius 1 is 1.04 bits per heavy atom. The van der Waals surface area contributed by atoms with E-state index in [0.717, 1.165) is 24.0 Å². The van der Waals surface area contributed by atoms with E-state index in [9.17, 15) is 9.59 Å². The van der Waals surface area contributed by atoms with E-state index in [1.165, 1.54) is 0 Å². The van der Waals surface area contributed by atoms with Gasteiger partial charge in [0.25, 0.3) is 0 Å². The third-order valence-electron chi connectivity index (χ3n) is 5.21. The molecule has 1 aliphatic carbocycles. The molecule has 2 amide bonds. The van der Waals surface area contributed by atoms with Crippen LogP contribution < -0.4 is 5.32 Å². The Morgan fingerprint density at radius 2 is 1.63 bits per heavy atom. The summed E-state index contributed by atoms with van der Waals surface area (Å²) in [5.74, 6) is -0.0323. The Hall–Kier alpha value is -2.82. The zero-order valence-corrected chi connectivity index (χ0v) is 15.2. The second-order valence-electron chi connectivity index (χ2n) is 7.27. The van der Waals surface area contributed by atoms with Crippen LogP contribution in [0.15, 0.2) is 60.7 Å². The van der Waals surface area contributed by atoms with Crippen LogP contribution in [-0.2, 0) is 9.53 Å². The van der Waals surface area contributed by atoms with Crippen molar-refractivity contribution in [3.63, 3.8) is 0 Å². The van der Waals surface area contributed by atoms with Crippen LogP contribution in [-0.4, -0.2) is 42.1 Å². The van der Waals surface area contributed by atoms with Crippen LogP contribution in [0.1, 0.15) is 36.3 Å². The summed E-state index contributed by atoms with van der Waals surface area (Å²) in [5.41, 5.74) is 2.23. The van der Waals surface area contributed by atoms with Crippen LogP contribution in [0.3, 0.4) is 0 Å². The van der Waals surface area contributed by atoms with E-state index >= 15 is 0 Å². The van der Waals surface area contributed by atoms with Crippen molar-refractivity contribution >= 4 is 12.0 Å². The Labute approximate surface area is 159 Å². The van der Waals surface area contributed by atoms with E-state index in [0.29, 0.717) is 25.6 Å². The number of benzene rings is 2. The maximum Gasteiger partial charge on any atom is 0.410 e. The molecule has 27 heavy (non-hydrogen) atoms. The highest BCUT2D eigenvalue weighted by Crippen LogP contribution is 2.31. The van der Waals surface area contributed by atoms with Crippen molar-refractivity contribution in [3.8, 4) is 0 Å². The predicted molar refractivity (Wildman–Crippen MR) is 102 cm³/mol. The number of hydrogen-bond donors (Lipinski definition) is 1. The van der Waals surface area contributed by atoms with Gasteiger partial charge in [-0.15, -0.1) is 0 Å². The van der Waals surface area contributed by atoms with Gasteiger partial charge in [0.2, 0.25) is 5.91 Å². The highest BCUT2D eigenvalue weighted by Gasteiger charge is 2.40. The maximum atomic E-state index is 12.6. The Bertz CT molecular complexity index is 750. The number of cyclic esters (lactones) is 1. The zero-order chi connectivity index (χ0) is 18.6. The fourth-order valence-corrected chi connectivity index (χ4v) is 3.62. The fraction of sp³-hybridized carbons (Fsp3) is 0.364. The molecule has 0 spiro atoms. The fourth-order valence-electron chi connectivity index (χ4n) is 3.62. The Balaban J connectivity index is 1.37. The lowest BCUT2D eigenvalue weighted by atomic mass is 9.88. The highest BCUT2D eigenvalue weighted by molar-refractivity contribution is 5.78. The van der Waals surface area contributed by atoms with Crippen molar-refractivity contribution in [2.24, 2.45) is 0 Å². The molecule has 0 radical (unpaired) electrons. The first-order chi connectivity index (χ1) is 13.2. The van der Waals surface area contributed by atoms with Gasteiger partial charge in [0, 0.05) is 18.4 Å². The van der Waals surface area contributed by atoms with Gasteiger partial charge in [-0.3, -0.25) is 4.79 Å². The van der Waals surface area contributed by atoms with Crippen molar-refractivity contribution < 1.29 is 14.3 Å². The van der Waals surface area contributed by atoms with Crippen LogP contribution >= 0.6 is 0 Å². The Morgan fingerprint density at radius 3 is 2.19 bits per heavy atom. The highest BCUT2D eigenvalue weighted by atomic mass is 16.6. The first kappa shape index (κ1) is 17.6. The minimum Gasteiger partial charge on any atom is -0.442 e. The van der Waals surface area contributed by atoms with Crippen molar-refractivity contribution in [3.05, 3.63) is 71.8 Å². The van der Waals surface area contributed by atoms with Crippen LogP contribution in [0.5, 0.6) is 0 Å². The molecule has 2 aromatic carbocycles. The van der Waals surface area contributed by atoms with Crippen LogP contribution in [0.2, 0.25) is 0 Å². The summed E-state index contributed by atoms with van der Waals surface area (Å²) in [4.78, 5) is 26.2. The topological polar surface area (TPSA) is 58.6 Å². The lowest BCUT2D eigenvalue weighted by molar-refractivity contribution is -0.121. The molecule has 5 nitrogen and oxygen atoms in total. The molecule has 1 saturated carbocycles. The van der Waals surface area contributed by atoms with E-state index in [1.54, 1.807) is 4.90 Å². The normalized spacial score (nSPS) is 19.2. The summed E-state index contributed by atoms with van der Waals surface area (Å²) in [7, 11) is 0. The van der Waals surface area contributed by atoms with E-state index in [-0.39, 0.29) is 24.0 Å². The number of amides is 2. The number of nitrogens with one attached hydrogen (secondary N) is 1. The van der Waals surface area contributed by atoms with Gasteiger partial charge < -0.3 is 15.0 Å².